The van der Waals surface area contributed by atoms with Crippen molar-refractivity contribution >= 4 is 11.6 Å². The molecule has 82 valence electrons. The number of amides is 1. The normalized spacial score (nSPS) is 10.1. The van der Waals surface area contributed by atoms with Gasteiger partial charge in [0, 0.05) is 6.07 Å². The number of benzene rings is 1. The minimum Gasteiger partial charge on any atom is -0.317 e. The maximum absolute atomic E-state index is 13.2. The molecular weight excluding hydrogens is 218 g/mol. The van der Waals surface area contributed by atoms with Crippen LogP contribution in [0.2, 0.25) is 0 Å². The zero-order valence-electron chi connectivity index (χ0n) is 7.87. The van der Waals surface area contributed by atoms with Crippen molar-refractivity contribution in [1.82, 2.24) is 15.2 Å². The quantitative estimate of drug-likeness (QED) is 0.808. The van der Waals surface area contributed by atoms with Crippen molar-refractivity contribution in [2.75, 3.05) is 5.32 Å². The van der Waals surface area contributed by atoms with E-state index in [4.69, 9.17) is 0 Å². The first-order chi connectivity index (χ1) is 7.66. The van der Waals surface area contributed by atoms with Crippen LogP contribution in [0.25, 0.3) is 0 Å². The number of aromatic amines is 1. The number of anilines is 1. The van der Waals surface area contributed by atoms with Gasteiger partial charge >= 0.3 is 0 Å². The summed E-state index contributed by atoms with van der Waals surface area (Å²) in [7, 11) is 0. The number of halogens is 2. The molecule has 0 fully saturated rings. The first-order valence-electron chi connectivity index (χ1n) is 4.28. The molecule has 0 aliphatic heterocycles. The molecule has 1 aromatic carbocycles. The number of carbonyl (C=O) groups is 1. The number of hydrogen-bond acceptors (Lipinski definition) is 3. The Labute approximate surface area is 88.5 Å². The summed E-state index contributed by atoms with van der Waals surface area (Å²) in [5.41, 5.74) is -0.122. The van der Waals surface area contributed by atoms with Gasteiger partial charge in [0.15, 0.2) is 0 Å². The predicted octanol–water partition coefficient (Wildman–Crippen LogP) is 1.34. The van der Waals surface area contributed by atoms with Crippen LogP contribution in [0, 0.1) is 11.6 Å². The fourth-order valence-corrected chi connectivity index (χ4v) is 1.09. The average molecular weight is 224 g/mol. The molecular formula is C9H6F2N4O. The van der Waals surface area contributed by atoms with E-state index in [0.29, 0.717) is 6.07 Å². The maximum Gasteiger partial charge on any atom is 0.293 e. The summed E-state index contributed by atoms with van der Waals surface area (Å²) in [6.07, 6.45) is 1.15. The first kappa shape index (κ1) is 10.2. The highest BCUT2D eigenvalue weighted by Gasteiger charge is 2.11. The Morgan fingerprint density at radius 3 is 2.81 bits per heavy atom. The molecule has 0 aliphatic carbocycles. The third-order valence-corrected chi connectivity index (χ3v) is 1.81. The number of nitrogens with one attached hydrogen (secondary N) is 2. The van der Waals surface area contributed by atoms with Crippen molar-refractivity contribution < 1.29 is 13.6 Å². The molecule has 2 rings (SSSR count). The maximum atomic E-state index is 13.2. The molecule has 1 heterocycles. The summed E-state index contributed by atoms with van der Waals surface area (Å²) >= 11 is 0. The van der Waals surface area contributed by atoms with Crippen molar-refractivity contribution in [3.63, 3.8) is 0 Å². The fraction of sp³-hybridized carbons (Fsp3) is 0. The summed E-state index contributed by atoms with van der Waals surface area (Å²) in [5, 5.41) is 8.01. The Morgan fingerprint density at radius 2 is 2.19 bits per heavy atom. The molecule has 0 spiro atoms. The molecule has 7 heteroatoms. The Morgan fingerprint density at radius 1 is 1.38 bits per heavy atom. The molecule has 0 bridgehead atoms. The smallest absolute Gasteiger partial charge is 0.293 e. The van der Waals surface area contributed by atoms with E-state index in [0.717, 1.165) is 18.5 Å². The lowest BCUT2D eigenvalue weighted by atomic mass is 10.3. The van der Waals surface area contributed by atoms with Crippen LogP contribution in [0.3, 0.4) is 0 Å². The SMILES string of the molecule is O=C(Nc1ccc(F)cc1F)c1ncn[nH]1. The molecule has 2 aromatic rings. The number of rotatable bonds is 2. The van der Waals surface area contributed by atoms with E-state index in [-0.39, 0.29) is 11.5 Å². The van der Waals surface area contributed by atoms with Crippen LogP contribution < -0.4 is 5.32 Å². The van der Waals surface area contributed by atoms with E-state index < -0.39 is 17.5 Å². The van der Waals surface area contributed by atoms with Crippen LogP contribution in [0.1, 0.15) is 10.6 Å². The van der Waals surface area contributed by atoms with E-state index in [1.54, 1.807) is 0 Å². The molecule has 1 amide bonds. The third kappa shape index (κ3) is 2.02. The molecule has 0 radical (unpaired) electrons. The molecule has 1 aromatic heterocycles. The Balaban J connectivity index is 2.18. The summed E-state index contributed by atoms with van der Waals surface area (Å²) in [6.45, 7) is 0. The second kappa shape index (κ2) is 4.05. The van der Waals surface area contributed by atoms with E-state index in [2.05, 4.69) is 20.5 Å². The van der Waals surface area contributed by atoms with Crippen molar-refractivity contribution in [1.29, 1.82) is 0 Å². The van der Waals surface area contributed by atoms with Crippen LogP contribution in [-0.2, 0) is 0 Å². The van der Waals surface area contributed by atoms with Gasteiger partial charge in [0.1, 0.15) is 18.0 Å². The highest BCUT2D eigenvalue weighted by Crippen LogP contribution is 2.15. The monoisotopic (exact) mass is 224 g/mol. The summed E-state index contributed by atoms with van der Waals surface area (Å²) in [5.74, 6) is -2.27. The zero-order chi connectivity index (χ0) is 11.5. The van der Waals surface area contributed by atoms with E-state index in [1.807, 2.05) is 0 Å². The first-order valence-corrected chi connectivity index (χ1v) is 4.28. The molecule has 0 saturated heterocycles. The lowest BCUT2D eigenvalue weighted by molar-refractivity contribution is 0.101. The summed E-state index contributed by atoms with van der Waals surface area (Å²) in [6, 6.07) is 2.84. The van der Waals surface area contributed by atoms with E-state index in [1.165, 1.54) is 0 Å². The van der Waals surface area contributed by atoms with Gasteiger partial charge < -0.3 is 5.32 Å². The number of aromatic nitrogens is 3. The van der Waals surface area contributed by atoms with Gasteiger partial charge in [-0.1, -0.05) is 0 Å². The highest BCUT2D eigenvalue weighted by atomic mass is 19.1. The van der Waals surface area contributed by atoms with Gasteiger partial charge in [-0.15, -0.1) is 0 Å². The number of nitrogens with zero attached hydrogens (tertiary/aromatic N) is 2. The van der Waals surface area contributed by atoms with Gasteiger partial charge in [0.25, 0.3) is 5.91 Å². The molecule has 0 saturated carbocycles. The van der Waals surface area contributed by atoms with Crippen LogP contribution in [0.5, 0.6) is 0 Å². The minimum atomic E-state index is -0.854. The highest BCUT2D eigenvalue weighted by molar-refractivity contribution is 6.01. The topological polar surface area (TPSA) is 70.7 Å². The minimum absolute atomic E-state index is 0.0521. The fourth-order valence-electron chi connectivity index (χ4n) is 1.09. The predicted molar refractivity (Wildman–Crippen MR) is 50.7 cm³/mol. The standard InChI is InChI=1S/C9H6F2N4O/c10-5-1-2-7(6(11)3-5)14-9(16)8-12-4-13-15-8/h1-4H,(H,14,16)(H,12,13,15). The van der Waals surface area contributed by atoms with Crippen molar-refractivity contribution in [3.8, 4) is 0 Å². The van der Waals surface area contributed by atoms with Gasteiger partial charge in [-0.05, 0) is 12.1 Å². The van der Waals surface area contributed by atoms with Gasteiger partial charge in [-0.2, -0.15) is 5.10 Å². The largest absolute Gasteiger partial charge is 0.317 e. The number of carbonyl (C=O) groups excluding carboxylic acids is 1. The third-order valence-electron chi connectivity index (χ3n) is 1.81. The summed E-state index contributed by atoms with van der Waals surface area (Å²) in [4.78, 5) is 15.0. The number of H-pyrrole nitrogens is 1. The Kier molecular flexibility index (Phi) is 2.59. The molecule has 2 N–H and O–H groups in total. The lowest BCUT2D eigenvalue weighted by Gasteiger charge is -2.03. The number of hydrogen-bond donors (Lipinski definition) is 2. The second-order valence-corrected chi connectivity index (χ2v) is 2.91. The van der Waals surface area contributed by atoms with Crippen LogP contribution in [0.15, 0.2) is 24.5 Å². The summed E-state index contributed by atoms with van der Waals surface area (Å²) < 4.78 is 25.7. The Hall–Kier alpha value is -2.31. The Bertz CT molecular complexity index is 512. The molecule has 5 nitrogen and oxygen atoms in total. The molecule has 16 heavy (non-hydrogen) atoms. The van der Waals surface area contributed by atoms with Gasteiger partial charge in [-0.25, -0.2) is 13.8 Å². The molecule has 0 aliphatic rings. The zero-order valence-corrected chi connectivity index (χ0v) is 7.87. The molecule has 0 unspecified atom stereocenters. The van der Waals surface area contributed by atoms with Crippen LogP contribution in [-0.4, -0.2) is 21.1 Å². The van der Waals surface area contributed by atoms with Crippen LogP contribution >= 0.6 is 0 Å². The second-order valence-electron chi connectivity index (χ2n) is 2.91. The van der Waals surface area contributed by atoms with Gasteiger partial charge in [-0.3, -0.25) is 9.89 Å². The van der Waals surface area contributed by atoms with Crippen molar-refractivity contribution in [2.45, 2.75) is 0 Å². The average Bonchev–Trinajstić information content (AvgIpc) is 2.75. The van der Waals surface area contributed by atoms with Gasteiger partial charge in [0.2, 0.25) is 5.82 Å². The van der Waals surface area contributed by atoms with Crippen molar-refractivity contribution in [2.24, 2.45) is 0 Å². The van der Waals surface area contributed by atoms with Gasteiger partial charge in [0.05, 0.1) is 5.69 Å². The van der Waals surface area contributed by atoms with E-state index >= 15 is 0 Å². The van der Waals surface area contributed by atoms with E-state index in [9.17, 15) is 13.6 Å². The lowest BCUT2D eigenvalue weighted by Crippen LogP contribution is -2.14. The van der Waals surface area contributed by atoms with Crippen molar-refractivity contribution in [3.05, 3.63) is 42.0 Å². The van der Waals surface area contributed by atoms with Crippen LogP contribution in [0.4, 0.5) is 14.5 Å². The molecule has 0 atom stereocenters.